The molecular formula is C12H14N2O. The van der Waals surface area contributed by atoms with E-state index < -0.39 is 0 Å². The van der Waals surface area contributed by atoms with Crippen LogP contribution < -0.4 is 0 Å². The molecule has 3 heteroatoms. The van der Waals surface area contributed by atoms with E-state index in [4.69, 9.17) is 0 Å². The largest absolute Gasteiger partial charge is 0.294 e. The molecule has 0 atom stereocenters. The van der Waals surface area contributed by atoms with Crippen molar-refractivity contribution in [1.82, 2.24) is 9.78 Å². The number of hydrogen-bond acceptors (Lipinski definition) is 2. The van der Waals surface area contributed by atoms with Gasteiger partial charge in [0.1, 0.15) is 0 Å². The van der Waals surface area contributed by atoms with Gasteiger partial charge in [-0.1, -0.05) is 6.92 Å². The summed E-state index contributed by atoms with van der Waals surface area (Å²) in [5.74, 6) is 0.193. The molecular weight excluding hydrogens is 188 g/mol. The Labute approximate surface area is 88.7 Å². The molecule has 1 heterocycles. The van der Waals surface area contributed by atoms with Crippen molar-refractivity contribution in [2.24, 2.45) is 7.05 Å². The number of rotatable bonds is 2. The van der Waals surface area contributed by atoms with Gasteiger partial charge in [0.2, 0.25) is 0 Å². The number of aryl methyl sites for hydroxylation is 2. The summed E-state index contributed by atoms with van der Waals surface area (Å²) in [5.41, 5.74) is 2.91. The highest BCUT2D eigenvalue weighted by atomic mass is 16.1. The van der Waals surface area contributed by atoms with Crippen molar-refractivity contribution in [2.75, 3.05) is 0 Å². The highest BCUT2D eigenvalue weighted by molar-refractivity contribution is 6.00. The van der Waals surface area contributed by atoms with Gasteiger partial charge in [-0.2, -0.15) is 5.10 Å². The second kappa shape index (κ2) is 3.50. The molecule has 0 aliphatic heterocycles. The third-order valence-corrected chi connectivity index (χ3v) is 2.71. The first kappa shape index (κ1) is 9.90. The third-order valence-electron chi connectivity index (χ3n) is 2.71. The lowest BCUT2D eigenvalue weighted by Gasteiger charge is -2.04. The van der Waals surface area contributed by atoms with Gasteiger partial charge in [0.05, 0.1) is 11.7 Å². The summed E-state index contributed by atoms with van der Waals surface area (Å²) < 4.78 is 1.82. The van der Waals surface area contributed by atoms with Crippen LogP contribution in [0.4, 0.5) is 0 Å². The first-order chi connectivity index (χ1) is 7.13. The van der Waals surface area contributed by atoms with Crippen molar-refractivity contribution >= 4 is 16.7 Å². The summed E-state index contributed by atoms with van der Waals surface area (Å²) >= 11 is 0. The fraction of sp³-hybridized carbons (Fsp3) is 0.333. The van der Waals surface area contributed by atoms with Crippen LogP contribution in [0.1, 0.15) is 29.3 Å². The Hall–Kier alpha value is -1.64. The Morgan fingerprint density at radius 3 is 2.87 bits per heavy atom. The molecule has 3 nitrogen and oxygen atoms in total. The highest BCUT2D eigenvalue weighted by Gasteiger charge is 2.09. The van der Waals surface area contributed by atoms with Crippen LogP contribution in [-0.2, 0) is 7.05 Å². The molecule has 78 valence electrons. The van der Waals surface area contributed by atoms with Gasteiger partial charge in [-0.05, 0) is 24.6 Å². The number of hydrogen-bond donors (Lipinski definition) is 0. The average Bonchev–Trinajstić information content (AvgIpc) is 2.58. The Bertz CT molecular complexity index is 526. The second-order valence-corrected chi connectivity index (χ2v) is 3.77. The lowest BCUT2D eigenvalue weighted by atomic mass is 10.0. The molecule has 2 rings (SSSR count). The van der Waals surface area contributed by atoms with Crippen molar-refractivity contribution in [1.29, 1.82) is 0 Å². The zero-order valence-electron chi connectivity index (χ0n) is 9.24. The zero-order valence-corrected chi connectivity index (χ0v) is 9.24. The summed E-state index contributed by atoms with van der Waals surface area (Å²) in [6.45, 7) is 3.85. The maximum atomic E-state index is 11.7. The van der Waals surface area contributed by atoms with Crippen molar-refractivity contribution in [3.8, 4) is 0 Å². The van der Waals surface area contributed by atoms with Gasteiger partial charge >= 0.3 is 0 Å². The summed E-state index contributed by atoms with van der Waals surface area (Å²) in [5, 5.41) is 5.20. The van der Waals surface area contributed by atoms with E-state index >= 15 is 0 Å². The Kier molecular flexibility index (Phi) is 2.31. The quantitative estimate of drug-likeness (QED) is 0.701. The maximum absolute atomic E-state index is 11.7. The van der Waals surface area contributed by atoms with E-state index in [0.717, 1.165) is 22.0 Å². The zero-order chi connectivity index (χ0) is 11.0. The van der Waals surface area contributed by atoms with Gasteiger partial charge in [0, 0.05) is 24.4 Å². The Balaban J connectivity index is 2.68. The lowest BCUT2D eigenvalue weighted by molar-refractivity contribution is 0.0987. The van der Waals surface area contributed by atoms with Crippen LogP contribution in [0.15, 0.2) is 18.3 Å². The third kappa shape index (κ3) is 1.54. The van der Waals surface area contributed by atoms with Crippen LogP contribution in [0.25, 0.3) is 10.9 Å². The van der Waals surface area contributed by atoms with Crippen LogP contribution in [0, 0.1) is 6.92 Å². The van der Waals surface area contributed by atoms with Crippen molar-refractivity contribution in [3.05, 3.63) is 29.5 Å². The van der Waals surface area contributed by atoms with E-state index in [1.807, 2.05) is 37.7 Å². The van der Waals surface area contributed by atoms with Gasteiger partial charge in [0.15, 0.2) is 5.78 Å². The standard InChI is InChI=1S/C12H14N2O/c1-4-12(15)10-6-9-7-13-14(3)11(9)5-8(10)2/h5-7H,4H2,1-3H3. The predicted molar refractivity (Wildman–Crippen MR) is 60.1 cm³/mol. The summed E-state index contributed by atoms with van der Waals surface area (Å²) in [6, 6.07) is 3.95. The molecule has 0 spiro atoms. The predicted octanol–water partition coefficient (Wildman–Crippen LogP) is 2.47. The van der Waals surface area contributed by atoms with Crippen LogP contribution in [0.2, 0.25) is 0 Å². The van der Waals surface area contributed by atoms with Crippen LogP contribution in [0.3, 0.4) is 0 Å². The van der Waals surface area contributed by atoms with Crippen LogP contribution in [-0.4, -0.2) is 15.6 Å². The molecule has 0 amide bonds. The molecule has 1 aromatic carbocycles. The SMILES string of the molecule is CCC(=O)c1cc2cnn(C)c2cc1C. The molecule has 2 aromatic rings. The van der Waals surface area contributed by atoms with Gasteiger partial charge in [0.25, 0.3) is 0 Å². The molecule has 0 unspecified atom stereocenters. The first-order valence-corrected chi connectivity index (χ1v) is 5.09. The Morgan fingerprint density at radius 1 is 1.47 bits per heavy atom. The number of aromatic nitrogens is 2. The van der Waals surface area contributed by atoms with Crippen LogP contribution >= 0.6 is 0 Å². The van der Waals surface area contributed by atoms with Gasteiger partial charge in [-0.15, -0.1) is 0 Å². The maximum Gasteiger partial charge on any atom is 0.162 e. The normalized spacial score (nSPS) is 10.9. The smallest absolute Gasteiger partial charge is 0.162 e. The monoisotopic (exact) mass is 202 g/mol. The van der Waals surface area contributed by atoms with E-state index in [1.54, 1.807) is 6.20 Å². The number of nitrogens with zero attached hydrogens (tertiary/aromatic N) is 2. The van der Waals surface area contributed by atoms with Crippen molar-refractivity contribution < 1.29 is 4.79 Å². The number of fused-ring (bicyclic) bond motifs is 1. The fourth-order valence-corrected chi connectivity index (χ4v) is 1.79. The molecule has 0 saturated heterocycles. The number of Topliss-reactive ketones (excluding diaryl/α,β-unsaturated/α-hetero) is 1. The Morgan fingerprint density at radius 2 is 2.20 bits per heavy atom. The topological polar surface area (TPSA) is 34.9 Å². The summed E-state index contributed by atoms with van der Waals surface area (Å²) in [6.07, 6.45) is 2.34. The van der Waals surface area contributed by atoms with E-state index in [1.165, 1.54) is 0 Å². The van der Waals surface area contributed by atoms with E-state index in [-0.39, 0.29) is 5.78 Å². The summed E-state index contributed by atoms with van der Waals surface area (Å²) in [4.78, 5) is 11.7. The van der Waals surface area contributed by atoms with Crippen molar-refractivity contribution in [3.63, 3.8) is 0 Å². The molecule has 0 aliphatic carbocycles. The average molecular weight is 202 g/mol. The minimum absolute atomic E-state index is 0.193. The van der Waals surface area contributed by atoms with Crippen LogP contribution in [0.5, 0.6) is 0 Å². The van der Waals surface area contributed by atoms with E-state index in [2.05, 4.69) is 5.10 Å². The van der Waals surface area contributed by atoms with Gasteiger partial charge < -0.3 is 0 Å². The molecule has 0 bridgehead atoms. The first-order valence-electron chi connectivity index (χ1n) is 5.09. The number of ketones is 1. The lowest BCUT2D eigenvalue weighted by Crippen LogP contribution is -2.00. The number of benzene rings is 1. The van der Waals surface area contributed by atoms with Gasteiger partial charge in [-0.25, -0.2) is 0 Å². The number of carbonyl (C=O) groups excluding carboxylic acids is 1. The highest BCUT2D eigenvalue weighted by Crippen LogP contribution is 2.20. The summed E-state index contributed by atoms with van der Waals surface area (Å²) in [7, 11) is 1.91. The minimum atomic E-state index is 0.193. The van der Waals surface area contributed by atoms with Gasteiger partial charge in [-0.3, -0.25) is 9.48 Å². The molecule has 0 N–H and O–H groups in total. The molecule has 0 fully saturated rings. The fourth-order valence-electron chi connectivity index (χ4n) is 1.79. The van der Waals surface area contributed by atoms with E-state index in [0.29, 0.717) is 6.42 Å². The van der Waals surface area contributed by atoms with E-state index in [9.17, 15) is 4.79 Å². The van der Waals surface area contributed by atoms with Crippen molar-refractivity contribution in [2.45, 2.75) is 20.3 Å². The second-order valence-electron chi connectivity index (χ2n) is 3.77. The molecule has 15 heavy (non-hydrogen) atoms. The molecule has 0 radical (unpaired) electrons. The number of carbonyl (C=O) groups is 1. The molecule has 0 aliphatic rings. The molecule has 1 aromatic heterocycles. The minimum Gasteiger partial charge on any atom is -0.294 e. The molecule has 0 saturated carbocycles.